The smallest absolute Gasteiger partial charge is 0.351 e. The molecule has 0 spiro atoms. The molecule has 0 N–H and O–H groups in total. The molecule has 1 aromatic carbocycles. The van der Waals surface area contributed by atoms with Gasteiger partial charge in [0, 0.05) is 12.0 Å². The summed E-state index contributed by atoms with van der Waals surface area (Å²) < 4.78 is 14.5. The van der Waals surface area contributed by atoms with Gasteiger partial charge in [-0.1, -0.05) is 24.8 Å². The number of carbonyl (C=O) groups is 3. The van der Waals surface area contributed by atoms with Crippen molar-refractivity contribution in [3.8, 4) is 5.75 Å². The molecule has 1 aromatic rings. The van der Waals surface area contributed by atoms with Crippen LogP contribution in [0.25, 0.3) is 0 Å². The molecule has 22 heavy (non-hydrogen) atoms. The first-order valence-electron chi connectivity index (χ1n) is 6.73. The van der Waals surface area contributed by atoms with E-state index in [1.54, 1.807) is 24.3 Å². The van der Waals surface area contributed by atoms with Crippen LogP contribution in [0.3, 0.4) is 0 Å². The summed E-state index contributed by atoms with van der Waals surface area (Å²) in [5.41, 5.74) is 0.288. The van der Waals surface area contributed by atoms with E-state index in [1.807, 2.05) is 6.07 Å². The monoisotopic (exact) mass is 306 g/mol. The fraction of sp³-hybridized carbons (Fsp3) is 0.312. The van der Waals surface area contributed by atoms with Gasteiger partial charge in [0.25, 0.3) is 0 Å². The van der Waals surface area contributed by atoms with E-state index in [9.17, 15) is 14.4 Å². The Morgan fingerprint density at radius 3 is 2.41 bits per heavy atom. The molecule has 118 valence electrons. The van der Waals surface area contributed by atoms with Crippen molar-refractivity contribution in [2.45, 2.75) is 19.8 Å². The SMILES string of the molecule is C=C(C)C(=O)OCCCC(=O)OC(=O)COc1ccccc1. The third-order valence-corrected chi connectivity index (χ3v) is 2.43. The first-order valence-corrected chi connectivity index (χ1v) is 6.73. The number of hydrogen-bond donors (Lipinski definition) is 0. The minimum atomic E-state index is -0.771. The number of benzene rings is 1. The van der Waals surface area contributed by atoms with Crippen molar-refractivity contribution < 1.29 is 28.6 Å². The fourth-order valence-electron chi connectivity index (χ4n) is 1.37. The highest BCUT2D eigenvalue weighted by Gasteiger charge is 2.11. The van der Waals surface area contributed by atoms with Crippen LogP contribution in [0.1, 0.15) is 19.8 Å². The standard InChI is InChI=1S/C16H18O6/c1-12(2)16(19)20-10-6-9-14(17)22-15(18)11-21-13-7-4-3-5-8-13/h3-5,7-8H,1,6,9-11H2,2H3. The van der Waals surface area contributed by atoms with Gasteiger partial charge in [0.05, 0.1) is 6.61 Å². The highest BCUT2D eigenvalue weighted by molar-refractivity contribution is 5.87. The maximum atomic E-state index is 11.4. The lowest BCUT2D eigenvalue weighted by molar-refractivity contribution is -0.161. The molecule has 0 amide bonds. The first kappa shape index (κ1) is 17.4. The Balaban J connectivity index is 2.15. The quantitative estimate of drug-likeness (QED) is 0.316. The zero-order chi connectivity index (χ0) is 16.4. The van der Waals surface area contributed by atoms with E-state index in [0.29, 0.717) is 5.75 Å². The van der Waals surface area contributed by atoms with Crippen molar-refractivity contribution in [3.63, 3.8) is 0 Å². The van der Waals surface area contributed by atoms with Gasteiger partial charge in [0.2, 0.25) is 0 Å². The van der Waals surface area contributed by atoms with Crippen LogP contribution < -0.4 is 4.74 Å². The number of para-hydroxylation sites is 1. The molecule has 0 heterocycles. The second kappa shape index (κ2) is 9.33. The Labute approximate surface area is 128 Å². The van der Waals surface area contributed by atoms with Gasteiger partial charge >= 0.3 is 17.9 Å². The van der Waals surface area contributed by atoms with E-state index in [0.717, 1.165) is 0 Å². The Kier molecular flexibility index (Phi) is 7.39. The van der Waals surface area contributed by atoms with E-state index in [1.165, 1.54) is 6.92 Å². The van der Waals surface area contributed by atoms with Gasteiger partial charge in [-0.25, -0.2) is 9.59 Å². The molecule has 0 aromatic heterocycles. The van der Waals surface area contributed by atoms with Gasteiger partial charge in [0.15, 0.2) is 6.61 Å². The molecular formula is C16H18O6. The highest BCUT2D eigenvalue weighted by atomic mass is 16.6. The Bertz CT molecular complexity index is 535. The largest absolute Gasteiger partial charge is 0.482 e. The zero-order valence-electron chi connectivity index (χ0n) is 12.4. The van der Waals surface area contributed by atoms with Crippen molar-refractivity contribution in [1.29, 1.82) is 0 Å². The summed E-state index contributed by atoms with van der Waals surface area (Å²) in [5, 5.41) is 0. The number of esters is 3. The summed E-state index contributed by atoms with van der Waals surface area (Å²) in [6.07, 6.45) is 0.241. The van der Waals surface area contributed by atoms with Crippen molar-refractivity contribution >= 4 is 17.9 Å². The molecule has 0 saturated carbocycles. The van der Waals surface area contributed by atoms with Gasteiger partial charge in [-0.15, -0.1) is 0 Å². The van der Waals surface area contributed by atoms with Crippen LogP contribution in [0.2, 0.25) is 0 Å². The molecule has 0 unspecified atom stereocenters. The van der Waals surface area contributed by atoms with Crippen molar-refractivity contribution in [2.75, 3.05) is 13.2 Å². The minimum Gasteiger partial charge on any atom is -0.482 e. The number of hydrogen-bond acceptors (Lipinski definition) is 6. The predicted molar refractivity (Wildman–Crippen MR) is 78.0 cm³/mol. The maximum Gasteiger partial charge on any atom is 0.351 e. The van der Waals surface area contributed by atoms with Crippen molar-refractivity contribution in [2.24, 2.45) is 0 Å². The van der Waals surface area contributed by atoms with Crippen molar-refractivity contribution in [3.05, 3.63) is 42.5 Å². The molecule has 0 saturated heterocycles. The maximum absolute atomic E-state index is 11.4. The molecule has 6 nitrogen and oxygen atoms in total. The molecule has 0 aliphatic carbocycles. The van der Waals surface area contributed by atoms with E-state index < -0.39 is 17.9 Å². The molecule has 6 heteroatoms. The average Bonchev–Trinajstić information content (AvgIpc) is 2.50. The van der Waals surface area contributed by atoms with Gasteiger partial charge in [-0.2, -0.15) is 0 Å². The summed E-state index contributed by atoms with van der Waals surface area (Å²) in [7, 11) is 0. The minimum absolute atomic E-state index is 0.0272. The zero-order valence-corrected chi connectivity index (χ0v) is 12.4. The number of carbonyl (C=O) groups excluding carboxylic acids is 3. The lowest BCUT2D eigenvalue weighted by Gasteiger charge is -2.06. The third-order valence-electron chi connectivity index (χ3n) is 2.43. The van der Waals surface area contributed by atoms with Crippen molar-refractivity contribution in [1.82, 2.24) is 0 Å². The summed E-state index contributed by atoms with van der Waals surface area (Å²) >= 11 is 0. The van der Waals surface area contributed by atoms with Crippen LogP contribution in [0.4, 0.5) is 0 Å². The Morgan fingerprint density at radius 2 is 1.77 bits per heavy atom. The molecule has 0 fully saturated rings. The van der Waals surface area contributed by atoms with Gasteiger partial charge in [-0.3, -0.25) is 4.79 Å². The van der Waals surface area contributed by atoms with Crippen LogP contribution in [0.5, 0.6) is 5.75 Å². The topological polar surface area (TPSA) is 78.9 Å². The molecular weight excluding hydrogens is 288 g/mol. The third kappa shape index (κ3) is 7.23. The second-order valence-electron chi connectivity index (χ2n) is 4.47. The normalized spacial score (nSPS) is 9.68. The second-order valence-corrected chi connectivity index (χ2v) is 4.47. The van der Waals surface area contributed by atoms with Gasteiger partial charge < -0.3 is 14.2 Å². The van der Waals surface area contributed by atoms with E-state index >= 15 is 0 Å². The molecule has 0 aliphatic heterocycles. The van der Waals surface area contributed by atoms with E-state index in [4.69, 9.17) is 9.47 Å². The highest BCUT2D eigenvalue weighted by Crippen LogP contribution is 2.08. The Morgan fingerprint density at radius 1 is 1.09 bits per heavy atom. The molecule has 1 rings (SSSR count). The summed E-state index contributed by atoms with van der Waals surface area (Å²) in [6, 6.07) is 8.71. The first-order chi connectivity index (χ1) is 10.5. The summed E-state index contributed by atoms with van der Waals surface area (Å²) in [6.45, 7) is 4.68. The summed E-state index contributed by atoms with van der Waals surface area (Å²) in [5.74, 6) is -1.46. The van der Waals surface area contributed by atoms with E-state index in [2.05, 4.69) is 11.3 Å². The predicted octanol–water partition coefficient (Wildman–Crippen LogP) is 2.03. The lowest BCUT2D eigenvalue weighted by atomic mass is 10.3. The molecule has 0 aliphatic rings. The van der Waals surface area contributed by atoms with Crippen LogP contribution in [-0.2, 0) is 23.9 Å². The van der Waals surface area contributed by atoms with Gasteiger partial charge in [0.1, 0.15) is 5.75 Å². The van der Waals surface area contributed by atoms with E-state index in [-0.39, 0.29) is 31.6 Å². The molecule has 0 atom stereocenters. The van der Waals surface area contributed by atoms with Crippen LogP contribution in [-0.4, -0.2) is 31.1 Å². The fourth-order valence-corrected chi connectivity index (χ4v) is 1.37. The van der Waals surface area contributed by atoms with Crippen LogP contribution in [0, 0.1) is 0 Å². The van der Waals surface area contributed by atoms with Gasteiger partial charge in [-0.05, 0) is 25.5 Å². The molecule has 0 bridgehead atoms. The van der Waals surface area contributed by atoms with Crippen LogP contribution >= 0.6 is 0 Å². The van der Waals surface area contributed by atoms with Crippen LogP contribution in [0.15, 0.2) is 42.5 Å². The summed E-state index contributed by atoms with van der Waals surface area (Å²) in [4.78, 5) is 33.9. The number of rotatable bonds is 8. The molecule has 0 radical (unpaired) electrons. The lowest BCUT2D eigenvalue weighted by Crippen LogP contribution is -2.19. The number of ether oxygens (including phenoxy) is 3. The average molecular weight is 306 g/mol. The Hall–Kier alpha value is -2.63.